The average Bonchev–Trinajstić information content (AvgIpc) is 2.28. The van der Waals surface area contributed by atoms with E-state index in [0.29, 0.717) is 12.0 Å². The van der Waals surface area contributed by atoms with Gasteiger partial charge in [0.2, 0.25) is 5.82 Å². The van der Waals surface area contributed by atoms with Gasteiger partial charge in [-0.15, -0.1) is 0 Å². The molecule has 0 amide bonds. The van der Waals surface area contributed by atoms with Gasteiger partial charge in [0.15, 0.2) is 11.6 Å². The van der Waals surface area contributed by atoms with E-state index in [-0.39, 0.29) is 0 Å². The quantitative estimate of drug-likeness (QED) is 0.724. The molecule has 0 saturated heterocycles. The van der Waals surface area contributed by atoms with E-state index in [1.165, 1.54) is 25.0 Å². The molecule has 0 fully saturated rings. The average molecular weight is 228 g/mol. The molecular formula is C13H18F2O. The molecule has 0 unspecified atom stereocenters. The van der Waals surface area contributed by atoms with Crippen molar-refractivity contribution < 1.29 is 13.9 Å². The zero-order valence-electron chi connectivity index (χ0n) is 9.60. The lowest BCUT2D eigenvalue weighted by molar-refractivity contribution is 0.403. The van der Waals surface area contributed by atoms with E-state index in [1.54, 1.807) is 0 Å². The van der Waals surface area contributed by atoms with Crippen molar-refractivity contribution in [3.8, 4) is 5.75 Å². The second-order valence-electron chi connectivity index (χ2n) is 4.04. The highest BCUT2D eigenvalue weighted by atomic mass is 19.2. The Balaban J connectivity index is 2.45. The lowest BCUT2D eigenvalue weighted by Gasteiger charge is -2.05. The first-order valence-corrected chi connectivity index (χ1v) is 5.82. The highest BCUT2D eigenvalue weighted by molar-refractivity contribution is 5.29. The third-order valence-electron chi connectivity index (χ3n) is 2.69. The van der Waals surface area contributed by atoms with Crippen LogP contribution < -0.4 is 0 Å². The summed E-state index contributed by atoms with van der Waals surface area (Å²) in [5.41, 5.74) is 0.354. The van der Waals surface area contributed by atoms with Crippen molar-refractivity contribution in [2.45, 2.75) is 45.4 Å². The zero-order chi connectivity index (χ0) is 12.0. The molecule has 3 heteroatoms. The minimum atomic E-state index is -1.13. The molecule has 0 radical (unpaired) electrons. The van der Waals surface area contributed by atoms with Gasteiger partial charge >= 0.3 is 0 Å². The summed E-state index contributed by atoms with van der Waals surface area (Å²) in [6.07, 6.45) is 5.93. The van der Waals surface area contributed by atoms with E-state index in [0.717, 1.165) is 19.3 Å². The summed E-state index contributed by atoms with van der Waals surface area (Å²) in [4.78, 5) is 0. The molecule has 1 nitrogen and oxygen atoms in total. The first-order chi connectivity index (χ1) is 7.66. The first-order valence-electron chi connectivity index (χ1n) is 5.82. The molecule has 16 heavy (non-hydrogen) atoms. The van der Waals surface area contributed by atoms with Crippen LogP contribution in [0.25, 0.3) is 0 Å². The molecule has 0 spiro atoms. The lowest BCUT2D eigenvalue weighted by atomic mass is 10.0. The third kappa shape index (κ3) is 3.47. The van der Waals surface area contributed by atoms with E-state index < -0.39 is 17.4 Å². The highest BCUT2D eigenvalue weighted by Gasteiger charge is 2.11. The Morgan fingerprint density at radius 2 is 1.69 bits per heavy atom. The molecule has 0 atom stereocenters. The summed E-state index contributed by atoms with van der Waals surface area (Å²) >= 11 is 0. The van der Waals surface area contributed by atoms with Crippen LogP contribution in [0.5, 0.6) is 5.75 Å². The van der Waals surface area contributed by atoms with Crippen molar-refractivity contribution in [3.05, 3.63) is 29.3 Å². The van der Waals surface area contributed by atoms with Crippen LogP contribution in [0.1, 0.15) is 44.6 Å². The topological polar surface area (TPSA) is 20.2 Å². The summed E-state index contributed by atoms with van der Waals surface area (Å²) in [6, 6.07) is 2.66. The van der Waals surface area contributed by atoms with E-state index in [4.69, 9.17) is 5.11 Å². The number of aromatic hydroxyl groups is 1. The van der Waals surface area contributed by atoms with Crippen molar-refractivity contribution in [3.63, 3.8) is 0 Å². The van der Waals surface area contributed by atoms with Crippen molar-refractivity contribution >= 4 is 0 Å². The minimum Gasteiger partial charge on any atom is -0.505 e. The molecular weight excluding hydrogens is 210 g/mol. The number of benzene rings is 1. The Morgan fingerprint density at radius 3 is 2.38 bits per heavy atom. The normalized spacial score (nSPS) is 10.7. The smallest absolute Gasteiger partial charge is 0.200 e. The Hall–Kier alpha value is -1.12. The van der Waals surface area contributed by atoms with Gasteiger partial charge in [-0.1, -0.05) is 38.7 Å². The molecule has 0 saturated carbocycles. The summed E-state index contributed by atoms with van der Waals surface area (Å²) in [5.74, 6) is -2.66. The molecule has 0 aliphatic heterocycles. The number of rotatable bonds is 6. The molecule has 0 aliphatic rings. The summed E-state index contributed by atoms with van der Waals surface area (Å²) < 4.78 is 26.3. The van der Waals surface area contributed by atoms with Gasteiger partial charge in [0.05, 0.1) is 0 Å². The van der Waals surface area contributed by atoms with Gasteiger partial charge in [-0.2, -0.15) is 4.39 Å². The molecule has 0 aromatic heterocycles. The second-order valence-corrected chi connectivity index (χ2v) is 4.04. The lowest BCUT2D eigenvalue weighted by Crippen LogP contribution is -1.95. The predicted octanol–water partition coefficient (Wildman–Crippen LogP) is 4.18. The SMILES string of the molecule is CCCCCCCc1ccc(O)c(F)c1F. The molecule has 1 aromatic carbocycles. The van der Waals surface area contributed by atoms with Crippen LogP contribution in [0.15, 0.2) is 12.1 Å². The maximum absolute atomic E-state index is 13.3. The summed E-state index contributed by atoms with van der Waals surface area (Å²) in [5, 5.41) is 8.95. The Labute approximate surface area is 95.1 Å². The Kier molecular flexibility index (Phi) is 5.23. The summed E-state index contributed by atoms with van der Waals surface area (Å²) in [6.45, 7) is 2.13. The molecule has 0 heterocycles. The monoisotopic (exact) mass is 228 g/mol. The van der Waals surface area contributed by atoms with Gasteiger partial charge in [0, 0.05) is 0 Å². The number of hydrogen-bond acceptors (Lipinski definition) is 1. The molecule has 1 N–H and O–H groups in total. The fraction of sp³-hybridized carbons (Fsp3) is 0.538. The van der Waals surface area contributed by atoms with Crippen LogP contribution in [-0.2, 0) is 6.42 Å². The van der Waals surface area contributed by atoms with Crippen molar-refractivity contribution in [2.75, 3.05) is 0 Å². The Bertz CT molecular complexity index is 337. The fourth-order valence-corrected chi connectivity index (χ4v) is 1.69. The molecule has 1 aromatic rings. The fourth-order valence-electron chi connectivity index (χ4n) is 1.69. The van der Waals surface area contributed by atoms with Crippen LogP contribution in [0.4, 0.5) is 8.78 Å². The Morgan fingerprint density at radius 1 is 1.00 bits per heavy atom. The van der Waals surface area contributed by atoms with E-state index in [1.807, 2.05) is 0 Å². The van der Waals surface area contributed by atoms with Crippen LogP contribution in [-0.4, -0.2) is 5.11 Å². The molecule has 1 rings (SSSR count). The van der Waals surface area contributed by atoms with Gasteiger partial charge < -0.3 is 5.11 Å². The number of halogens is 2. The largest absolute Gasteiger partial charge is 0.505 e. The number of unbranched alkanes of at least 4 members (excludes halogenated alkanes) is 4. The van der Waals surface area contributed by atoms with Crippen LogP contribution in [0, 0.1) is 11.6 Å². The van der Waals surface area contributed by atoms with Gasteiger partial charge in [-0.05, 0) is 24.5 Å². The predicted molar refractivity (Wildman–Crippen MR) is 60.5 cm³/mol. The van der Waals surface area contributed by atoms with Gasteiger partial charge in [-0.25, -0.2) is 4.39 Å². The van der Waals surface area contributed by atoms with Crippen LogP contribution in [0.3, 0.4) is 0 Å². The molecule has 0 bridgehead atoms. The van der Waals surface area contributed by atoms with Gasteiger partial charge in [-0.3, -0.25) is 0 Å². The maximum atomic E-state index is 13.3. The van der Waals surface area contributed by atoms with Crippen molar-refractivity contribution in [1.29, 1.82) is 0 Å². The van der Waals surface area contributed by atoms with Gasteiger partial charge in [0.1, 0.15) is 0 Å². The number of hydrogen-bond donors (Lipinski definition) is 1. The van der Waals surface area contributed by atoms with E-state index in [9.17, 15) is 8.78 Å². The second kappa shape index (κ2) is 6.46. The molecule has 90 valence electrons. The van der Waals surface area contributed by atoms with Crippen LogP contribution in [0.2, 0.25) is 0 Å². The minimum absolute atomic E-state index is 0.354. The maximum Gasteiger partial charge on any atom is 0.200 e. The van der Waals surface area contributed by atoms with Crippen LogP contribution >= 0.6 is 0 Å². The number of aryl methyl sites for hydroxylation is 1. The van der Waals surface area contributed by atoms with Gasteiger partial charge in [0.25, 0.3) is 0 Å². The standard InChI is InChI=1S/C13H18F2O/c1-2-3-4-5-6-7-10-8-9-11(16)13(15)12(10)14/h8-9,16H,2-7H2,1H3. The van der Waals surface area contributed by atoms with Crippen molar-refractivity contribution in [2.24, 2.45) is 0 Å². The number of phenols is 1. The van der Waals surface area contributed by atoms with E-state index in [2.05, 4.69) is 6.92 Å². The van der Waals surface area contributed by atoms with E-state index >= 15 is 0 Å². The van der Waals surface area contributed by atoms with Crippen molar-refractivity contribution in [1.82, 2.24) is 0 Å². The summed E-state index contributed by atoms with van der Waals surface area (Å²) in [7, 11) is 0. The molecule has 0 aliphatic carbocycles. The zero-order valence-corrected chi connectivity index (χ0v) is 9.60. The highest BCUT2D eigenvalue weighted by Crippen LogP contribution is 2.22. The first kappa shape index (κ1) is 12.9. The third-order valence-corrected chi connectivity index (χ3v) is 2.69. The number of phenolic OH excluding ortho intramolecular Hbond substituents is 1.